The van der Waals surface area contributed by atoms with E-state index < -0.39 is 4.84 Å². The summed E-state index contributed by atoms with van der Waals surface area (Å²) >= 11 is 10.2. The lowest BCUT2D eigenvalue weighted by atomic mass is 10.2. The van der Waals surface area contributed by atoms with E-state index in [1.165, 1.54) is 0 Å². The van der Waals surface area contributed by atoms with Crippen LogP contribution in [-0.4, -0.2) is 12.7 Å². The standard InChI is InChI=1S/C3HBCl2/c4-2-1-3(5)6/h3H. The van der Waals surface area contributed by atoms with E-state index in [4.69, 9.17) is 31.0 Å². The molecule has 0 unspecified atom stereocenters. The molecule has 0 aromatic heterocycles. The molecule has 0 nitrogen and oxygen atoms in total. The lowest BCUT2D eigenvalue weighted by Gasteiger charge is -1.76. The van der Waals surface area contributed by atoms with Crippen LogP contribution in [0.1, 0.15) is 0 Å². The summed E-state index contributed by atoms with van der Waals surface area (Å²) in [7, 11) is 4.70. The van der Waals surface area contributed by atoms with Crippen LogP contribution in [0.3, 0.4) is 0 Å². The molecule has 0 aromatic rings. The Labute approximate surface area is 48.2 Å². The highest BCUT2D eigenvalue weighted by atomic mass is 35.5. The Bertz CT molecular complexity index is 78.5. The first kappa shape index (κ1) is 6.20. The lowest BCUT2D eigenvalue weighted by molar-refractivity contribution is 1.74. The first-order chi connectivity index (χ1) is 2.77. The molecule has 2 radical (unpaired) electrons. The van der Waals surface area contributed by atoms with Crippen LogP contribution in [0.4, 0.5) is 0 Å². The Balaban J connectivity index is 3.20. The average Bonchev–Trinajstić information content (AvgIpc) is 1.35. The molecule has 0 bridgehead atoms. The molecule has 0 saturated heterocycles. The molecule has 0 saturated carbocycles. The fraction of sp³-hybridized carbons (Fsp3) is 0.333. The van der Waals surface area contributed by atoms with Crippen molar-refractivity contribution in [1.82, 2.24) is 0 Å². The molecule has 30 valence electrons. The van der Waals surface area contributed by atoms with Crippen LogP contribution in [0.2, 0.25) is 0 Å². The topological polar surface area (TPSA) is 0 Å². The van der Waals surface area contributed by atoms with Gasteiger partial charge in [-0.3, -0.25) is 0 Å². The van der Waals surface area contributed by atoms with Gasteiger partial charge in [-0.2, -0.15) is 5.82 Å². The third-order valence-corrected chi connectivity index (χ3v) is 0.411. The van der Waals surface area contributed by atoms with Crippen molar-refractivity contribution >= 4 is 31.0 Å². The van der Waals surface area contributed by atoms with Crippen LogP contribution < -0.4 is 0 Å². The summed E-state index contributed by atoms with van der Waals surface area (Å²) in [6, 6.07) is 0. The van der Waals surface area contributed by atoms with Crippen LogP contribution in [0.15, 0.2) is 0 Å². The minimum atomic E-state index is -0.644. The van der Waals surface area contributed by atoms with Crippen LogP contribution in [0.25, 0.3) is 0 Å². The Morgan fingerprint density at radius 3 is 2.00 bits per heavy atom. The van der Waals surface area contributed by atoms with Gasteiger partial charge in [-0.25, -0.2) is 0 Å². The smallest absolute Gasteiger partial charge is 0.169 e. The van der Waals surface area contributed by atoms with E-state index in [0.717, 1.165) is 0 Å². The zero-order chi connectivity index (χ0) is 4.99. The van der Waals surface area contributed by atoms with Gasteiger partial charge in [0.2, 0.25) is 0 Å². The predicted octanol–water partition coefficient (Wildman–Crippen LogP) is 0.919. The summed E-state index contributed by atoms with van der Waals surface area (Å²) in [6.07, 6.45) is 0. The number of hydrogen-bond donors (Lipinski definition) is 0. The molecule has 0 aliphatic carbocycles. The van der Waals surface area contributed by atoms with Crippen molar-refractivity contribution in [3.8, 4) is 11.7 Å². The van der Waals surface area contributed by atoms with E-state index >= 15 is 0 Å². The summed E-state index contributed by atoms with van der Waals surface area (Å²) in [6.45, 7) is 0. The highest BCUT2D eigenvalue weighted by Gasteiger charge is 1.82. The molecular weight excluding hydrogens is 118 g/mol. The monoisotopic (exact) mass is 118 g/mol. The summed E-state index contributed by atoms with van der Waals surface area (Å²) < 4.78 is 0. The fourth-order valence-corrected chi connectivity index (χ4v) is 0.189. The molecule has 0 spiro atoms. The zero-order valence-electron chi connectivity index (χ0n) is 2.91. The summed E-state index contributed by atoms with van der Waals surface area (Å²) in [4.78, 5) is -0.644. The van der Waals surface area contributed by atoms with Gasteiger partial charge < -0.3 is 0 Å². The first-order valence-corrected chi connectivity index (χ1v) is 2.14. The maximum atomic E-state index is 5.09. The molecule has 0 N–H and O–H groups in total. The van der Waals surface area contributed by atoms with E-state index in [1.807, 2.05) is 0 Å². The third kappa shape index (κ3) is 4.20. The summed E-state index contributed by atoms with van der Waals surface area (Å²) in [5.41, 5.74) is 0. The van der Waals surface area contributed by atoms with E-state index in [2.05, 4.69) is 11.7 Å². The maximum Gasteiger partial charge on any atom is 0.188 e. The van der Waals surface area contributed by atoms with Gasteiger partial charge in [-0.15, -0.1) is 0 Å². The number of halogens is 2. The molecule has 0 aliphatic heterocycles. The quantitative estimate of drug-likeness (QED) is 0.252. The van der Waals surface area contributed by atoms with Crippen LogP contribution in [0.5, 0.6) is 0 Å². The van der Waals surface area contributed by atoms with Gasteiger partial charge in [0.25, 0.3) is 0 Å². The lowest BCUT2D eigenvalue weighted by Crippen LogP contribution is -1.74. The van der Waals surface area contributed by atoms with Gasteiger partial charge in [0, 0.05) is 0 Å². The second-order valence-corrected chi connectivity index (χ2v) is 1.69. The Hall–Kier alpha value is 0.205. The van der Waals surface area contributed by atoms with Crippen molar-refractivity contribution in [2.24, 2.45) is 0 Å². The van der Waals surface area contributed by atoms with Crippen molar-refractivity contribution < 1.29 is 0 Å². The minimum Gasteiger partial charge on any atom is -0.169 e. The van der Waals surface area contributed by atoms with E-state index in [9.17, 15) is 0 Å². The summed E-state index contributed by atoms with van der Waals surface area (Å²) in [5.74, 6) is 4.32. The normalized spacial score (nSPS) is 7.17. The number of alkyl halides is 2. The SMILES string of the molecule is [B]C#CC(Cl)Cl. The van der Waals surface area contributed by atoms with Gasteiger partial charge in [0.05, 0.1) is 0 Å². The van der Waals surface area contributed by atoms with Gasteiger partial charge in [-0.05, 0) is 0 Å². The molecule has 0 aromatic carbocycles. The largest absolute Gasteiger partial charge is 0.188 e. The van der Waals surface area contributed by atoms with E-state index in [0.29, 0.717) is 0 Å². The number of rotatable bonds is 0. The van der Waals surface area contributed by atoms with E-state index in [1.54, 1.807) is 0 Å². The Morgan fingerprint density at radius 2 is 2.00 bits per heavy atom. The molecule has 0 amide bonds. The average molecular weight is 119 g/mol. The minimum absolute atomic E-state index is 0.644. The van der Waals surface area contributed by atoms with Crippen LogP contribution in [0, 0.1) is 11.7 Å². The van der Waals surface area contributed by atoms with Gasteiger partial charge in [0.15, 0.2) is 12.7 Å². The molecule has 0 atom stereocenters. The Kier molecular flexibility index (Phi) is 3.51. The molecule has 0 aliphatic rings. The zero-order valence-corrected chi connectivity index (χ0v) is 4.42. The van der Waals surface area contributed by atoms with E-state index in [-0.39, 0.29) is 0 Å². The first-order valence-electron chi connectivity index (χ1n) is 1.26. The molecular formula is C3HBCl2. The van der Waals surface area contributed by atoms with Crippen molar-refractivity contribution in [1.29, 1.82) is 0 Å². The Morgan fingerprint density at radius 1 is 1.50 bits per heavy atom. The van der Waals surface area contributed by atoms with Crippen molar-refractivity contribution in [3.05, 3.63) is 0 Å². The second kappa shape index (κ2) is 3.40. The molecule has 6 heavy (non-hydrogen) atoms. The molecule has 0 rings (SSSR count). The summed E-state index contributed by atoms with van der Waals surface area (Å²) in [5, 5.41) is 0. The predicted molar refractivity (Wildman–Crippen MR) is 29.0 cm³/mol. The highest BCUT2D eigenvalue weighted by Crippen LogP contribution is 1.96. The molecule has 0 heterocycles. The van der Waals surface area contributed by atoms with Crippen LogP contribution >= 0.6 is 23.2 Å². The fourth-order valence-electron chi connectivity index (χ4n) is 0.0630. The molecule has 0 fully saturated rings. The van der Waals surface area contributed by atoms with Crippen molar-refractivity contribution in [2.45, 2.75) is 4.84 Å². The highest BCUT2D eigenvalue weighted by molar-refractivity contribution is 6.46. The third-order valence-electron chi connectivity index (χ3n) is 0.192. The van der Waals surface area contributed by atoms with Crippen molar-refractivity contribution in [2.75, 3.05) is 0 Å². The molecule has 3 heteroatoms. The van der Waals surface area contributed by atoms with Gasteiger partial charge in [-0.1, -0.05) is 29.1 Å². The maximum absolute atomic E-state index is 5.09. The second-order valence-electron chi connectivity index (χ2n) is 0.589. The van der Waals surface area contributed by atoms with Gasteiger partial charge >= 0.3 is 0 Å². The number of hydrogen-bond acceptors (Lipinski definition) is 0. The van der Waals surface area contributed by atoms with Gasteiger partial charge in [0.1, 0.15) is 0 Å². The van der Waals surface area contributed by atoms with Crippen LogP contribution in [-0.2, 0) is 0 Å². The van der Waals surface area contributed by atoms with Crippen molar-refractivity contribution in [3.63, 3.8) is 0 Å².